The third-order valence-corrected chi connectivity index (χ3v) is 0. The first kappa shape index (κ1) is 16.5. The van der Waals surface area contributed by atoms with Crippen LogP contribution >= 0.6 is 0 Å². The summed E-state index contributed by atoms with van der Waals surface area (Å²) in [4.78, 5) is 0. The predicted molar refractivity (Wildman–Crippen MR) is 2.62 cm³/mol. The third-order valence-electron chi connectivity index (χ3n) is 0. The van der Waals surface area contributed by atoms with Crippen LogP contribution in [0.25, 0.3) is 0 Å². The first-order valence-corrected chi connectivity index (χ1v) is 0.728. The van der Waals surface area contributed by atoms with E-state index in [0.29, 0.717) is 0 Å². The molecule has 0 aromatic heterocycles. The Bertz CT molecular complexity index is 6.00. The van der Waals surface area contributed by atoms with Crippen LogP contribution < -0.4 is 51.4 Å². The van der Waals surface area contributed by atoms with E-state index in [9.17, 15) is 0 Å². The van der Waals surface area contributed by atoms with Gasteiger partial charge in [0.05, 0.1) is 0 Å². The molecule has 0 atom stereocenters. The van der Waals surface area contributed by atoms with E-state index in [2.05, 4.69) is 0 Å². The molecule has 25 valence electrons. The fourth-order valence-electron chi connectivity index (χ4n) is 0. The van der Waals surface area contributed by atoms with Crippen molar-refractivity contribution in [2.75, 3.05) is 0 Å². The quantitative estimate of drug-likeness (QED) is 0.367. The Morgan fingerprint density at radius 2 is 1.25 bits per heavy atom. The molecule has 0 aromatic rings. The van der Waals surface area contributed by atoms with Crippen LogP contribution in [0.1, 0.15) is 0 Å². The molecule has 0 bridgehead atoms. The average molecular weight is 180 g/mol. The third kappa shape index (κ3) is 8.91. The molecule has 0 aromatic carbocycles. The van der Waals surface area contributed by atoms with Gasteiger partial charge < -0.3 is 5.48 Å². The van der Waals surface area contributed by atoms with Gasteiger partial charge in [-0.15, -0.1) is 0 Å². The Labute approximate surface area is 79.3 Å². The van der Waals surface area contributed by atoms with Crippen molar-refractivity contribution < 1.29 is 81.2 Å². The van der Waals surface area contributed by atoms with Crippen LogP contribution in [0.15, 0.2) is 0 Å². The van der Waals surface area contributed by atoms with Gasteiger partial charge in [0.1, 0.15) is 0 Å². The van der Waals surface area contributed by atoms with Crippen molar-refractivity contribution in [3.05, 3.63) is 0 Å². The zero-order valence-corrected chi connectivity index (χ0v) is 6.76. The second kappa shape index (κ2) is 19.3. The molecule has 0 aliphatic rings. The fraction of sp³-hybridized carbons (Fsp3) is 0. The summed E-state index contributed by atoms with van der Waals surface area (Å²) in [7, 11) is 0. The normalized spacial score (nSPS) is 1.50. The van der Waals surface area contributed by atoms with Gasteiger partial charge in [0.2, 0.25) is 0 Å². The molecule has 0 unspecified atom stereocenters. The van der Waals surface area contributed by atoms with E-state index in [0.717, 1.165) is 0 Å². The Morgan fingerprint density at radius 3 is 1.25 bits per heavy atom. The summed E-state index contributed by atoms with van der Waals surface area (Å²) in [5, 5.41) is 0. The predicted octanol–water partition coefficient (Wildman–Crippen LogP) is -3.29. The average Bonchev–Trinajstić information content (AvgIpc) is 1.00. The van der Waals surface area contributed by atoms with Gasteiger partial charge in [-0.05, 0) is 0 Å². The molecule has 0 fully saturated rings. The summed E-state index contributed by atoms with van der Waals surface area (Å²) in [6.07, 6.45) is 0. The van der Waals surface area contributed by atoms with Gasteiger partial charge >= 0.3 is 75.7 Å². The summed E-state index contributed by atoms with van der Waals surface area (Å²) in [5.41, 5.74) is 0. The van der Waals surface area contributed by atoms with Gasteiger partial charge in [0.15, 0.2) is 0 Å². The van der Waals surface area contributed by atoms with Crippen LogP contribution in [0.5, 0.6) is 0 Å². The van der Waals surface area contributed by atoms with Crippen LogP contribution in [-0.2, 0) is 24.3 Å². The molecule has 0 heterocycles. The monoisotopic (exact) mass is 179 g/mol. The number of rotatable bonds is 0. The van der Waals surface area contributed by atoms with Gasteiger partial charge in [-0.3, -0.25) is 0 Å². The second-order valence-corrected chi connectivity index (χ2v) is 0. The minimum absolute atomic E-state index is 0. The molecule has 1 N–H and O–H groups in total. The van der Waals surface area contributed by atoms with Crippen molar-refractivity contribution in [2.45, 2.75) is 0 Å². The number of hydrogen-bond donors (Lipinski definition) is 0. The van der Waals surface area contributed by atoms with E-state index in [1.807, 2.05) is 0 Å². The second-order valence-electron chi connectivity index (χ2n) is 0. The van der Waals surface area contributed by atoms with Crippen molar-refractivity contribution in [3.63, 3.8) is 0 Å². The van der Waals surface area contributed by atoms with Crippen LogP contribution in [0.3, 0.4) is 0 Å². The van der Waals surface area contributed by atoms with Crippen molar-refractivity contribution in [1.29, 1.82) is 0 Å². The van der Waals surface area contributed by atoms with Crippen LogP contribution in [-0.4, -0.2) is 5.48 Å². The van der Waals surface area contributed by atoms with Crippen LogP contribution in [0.4, 0.5) is 0 Å². The molecular weight excluding hydrogens is 179 g/mol. The van der Waals surface area contributed by atoms with E-state index in [-0.39, 0.29) is 56.9 Å². The van der Waals surface area contributed by atoms with Gasteiger partial charge in [-0.25, -0.2) is 0 Å². The van der Waals surface area contributed by atoms with Gasteiger partial charge in [0, 0.05) is 0 Å². The summed E-state index contributed by atoms with van der Waals surface area (Å²) >= 11 is 1.70. The van der Waals surface area contributed by atoms with E-state index in [1.54, 1.807) is 21.0 Å². The van der Waals surface area contributed by atoms with Crippen LogP contribution in [0, 0.1) is 0 Å². The van der Waals surface area contributed by atoms with Crippen molar-refractivity contribution in [1.82, 2.24) is 0 Å². The van der Waals surface area contributed by atoms with Crippen molar-refractivity contribution in [3.8, 4) is 0 Å². The standard InChI is InChI=1S/Ag.K.H2O.O/h;;1H2;/q;+1;;/p-1. The molecule has 0 spiro atoms. The Morgan fingerprint density at radius 1 is 1.25 bits per heavy atom. The molecule has 4 heteroatoms. The number of hydrogen-bond acceptors (Lipinski definition) is 2. The SMILES string of the molecule is [K+].[OH-].[O]=[Ag]. The van der Waals surface area contributed by atoms with E-state index in [1.165, 1.54) is 0 Å². The molecule has 0 radical (unpaired) electrons. The van der Waals surface area contributed by atoms with E-state index >= 15 is 0 Å². The molecule has 0 amide bonds. The maximum atomic E-state index is 8.06. The van der Waals surface area contributed by atoms with Gasteiger partial charge in [0.25, 0.3) is 0 Å². The molecule has 0 aliphatic heterocycles. The summed E-state index contributed by atoms with van der Waals surface area (Å²) < 4.78 is 8.06. The summed E-state index contributed by atoms with van der Waals surface area (Å²) in [6.45, 7) is 0. The molecular formula is HAgKO2. The van der Waals surface area contributed by atoms with Crippen molar-refractivity contribution >= 4 is 0 Å². The fourth-order valence-corrected chi connectivity index (χ4v) is 0. The van der Waals surface area contributed by atoms with Crippen molar-refractivity contribution in [2.24, 2.45) is 0 Å². The first-order valence-electron chi connectivity index (χ1n) is 0.123. The molecule has 0 saturated heterocycles. The maximum absolute atomic E-state index is 8.06. The zero-order valence-electron chi connectivity index (χ0n) is 2.16. The Hall–Kier alpha value is 2.14. The zero-order chi connectivity index (χ0) is 2.00. The molecule has 2 nitrogen and oxygen atoms in total. The van der Waals surface area contributed by atoms with Crippen LogP contribution in [0.2, 0.25) is 0 Å². The Kier molecular flexibility index (Phi) is 79.2. The first-order chi connectivity index (χ1) is 1.00. The van der Waals surface area contributed by atoms with E-state index in [4.69, 9.17) is 3.25 Å². The molecule has 0 saturated carbocycles. The molecule has 0 rings (SSSR count). The summed E-state index contributed by atoms with van der Waals surface area (Å²) in [6, 6.07) is 0. The molecule has 0 aliphatic carbocycles. The molecule has 4 heavy (non-hydrogen) atoms. The minimum atomic E-state index is 0. The van der Waals surface area contributed by atoms with Gasteiger partial charge in [-0.1, -0.05) is 0 Å². The topological polar surface area (TPSA) is 47.1 Å². The summed E-state index contributed by atoms with van der Waals surface area (Å²) in [5.74, 6) is 0. The van der Waals surface area contributed by atoms with E-state index < -0.39 is 0 Å². The Balaban J connectivity index is -0.00000000500. The van der Waals surface area contributed by atoms with Gasteiger partial charge in [-0.2, -0.15) is 0 Å².